The number of amides is 3. The van der Waals surface area contributed by atoms with Crippen molar-refractivity contribution >= 4 is 67.3 Å². The number of urea groups is 1. The smallest absolute Gasteiger partial charge is 0.491 e. The maximum atomic E-state index is 14.5. The van der Waals surface area contributed by atoms with E-state index in [4.69, 9.17) is 26.8 Å². The second-order valence-corrected chi connectivity index (χ2v) is 14.7. The van der Waals surface area contributed by atoms with Gasteiger partial charge < -0.3 is 36.1 Å². The van der Waals surface area contributed by atoms with E-state index < -0.39 is 51.4 Å². The number of nitrogens with one attached hydrogen (secondary N) is 3. The third kappa shape index (κ3) is 8.59. The Morgan fingerprint density at radius 2 is 1.69 bits per heavy atom. The van der Waals surface area contributed by atoms with Crippen LogP contribution in [0.2, 0.25) is 5.02 Å². The van der Waals surface area contributed by atoms with Gasteiger partial charge in [-0.1, -0.05) is 17.7 Å². The largest absolute Gasteiger partial charge is 0.492 e. The number of nitrogens with zero attached hydrogens (tertiary/aromatic N) is 2. The predicted octanol–water partition coefficient (Wildman–Crippen LogP) is 5.83. The summed E-state index contributed by atoms with van der Waals surface area (Å²) in [5, 5.41) is 7.78. The minimum Gasteiger partial charge on any atom is -0.492 e. The summed E-state index contributed by atoms with van der Waals surface area (Å²) in [6.45, 7) is 3.96. The molecule has 5 N–H and O–H groups in total. The van der Waals surface area contributed by atoms with Crippen LogP contribution in [0.1, 0.15) is 31.9 Å². The highest BCUT2D eigenvalue weighted by Gasteiger charge is 2.52. The third-order valence-electron chi connectivity index (χ3n) is 7.63. The summed E-state index contributed by atoms with van der Waals surface area (Å²) in [6, 6.07) is 12.8. The fourth-order valence-corrected chi connectivity index (χ4v) is 6.35. The number of nitrogen functional groups attached to an aromatic ring is 1. The van der Waals surface area contributed by atoms with Gasteiger partial charge in [0.05, 0.1) is 21.8 Å². The molecule has 0 bridgehead atoms. The van der Waals surface area contributed by atoms with Crippen LogP contribution < -0.4 is 26.4 Å². The zero-order valence-electron chi connectivity index (χ0n) is 28.6. The molecule has 0 radical (unpaired) electrons. The number of alkyl halides is 3. The van der Waals surface area contributed by atoms with Gasteiger partial charge in [0.1, 0.15) is 11.6 Å². The summed E-state index contributed by atoms with van der Waals surface area (Å²) >= 11 is 6.28. The summed E-state index contributed by atoms with van der Waals surface area (Å²) in [7, 11) is -1.04. The Balaban J connectivity index is 1.91. The molecular weight excluding hydrogens is 729 g/mol. The molecule has 3 amide bonds. The molecule has 3 aromatic carbocycles. The van der Waals surface area contributed by atoms with Gasteiger partial charge >= 0.3 is 18.2 Å². The van der Waals surface area contributed by atoms with Gasteiger partial charge in [-0.2, -0.15) is 13.2 Å². The Labute approximate surface area is 302 Å². The van der Waals surface area contributed by atoms with Gasteiger partial charge in [0.15, 0.2) is 9.84 Å². The van der Waals surface area contributed by atoms with Gasteiger partial charge in [-0.15, -0.1) is 0 Å². The van der Waals surface area contributed by atoms with Crippen LogP contribution in [-0.2, 0) is 36.4 Å². The number of benzene rings is 3. The van der Waals surface area contributed by atoms with Crippen LogP contribution in [-0.4, -0.2) is 68.3 Å². The van der Waals surface area contributed by atoms with Crippen molar-refractivity contribution in [2.24, 2.45) is 0 Å². The molecule has 0 saturated heterocycles. The van der Waals surface area contributed by atoms with Gasteiger partial charge in [-0.05, 0) is 86.3 Å². The number of esters is 1. The van der Waals surface area contributed by atoms with E-state index in [1.54, 1.807) is 13.0 Å². The zero-order chi connectivity index (χ0) is 38.6. The number of aromatic nitrogens is 1. The van der Waals surface area contributed by atoms with Crippen LogP contribution in [0.15, 0.2) is 71.8 Å². The zero-order valence-corrected chi connectivity index (χ0v) is 30.2. The van der Waals surface area contributed by atoms with Gasteiger partial charge in [0.25, 0.3) is 11.6 Å². The summed E-state index contributed by atoms with van der Waals surface area (Å²) in [4.78, 5) is 44.5. The number of halogens is 4. The third-order valence-corrected chi connectivity index (χ3v) is 10.2. The Bertz CT molecular complexity index is 2120. The average molecular weight is 765 g/mol. The van der Waals surface area contributed by atoms with E-state index in [1.807, 2.05) is 0 Å². The number of pyridine rings is 1. The molecular formula is C34H36ClF3N6O7S. The molecule has 4 rings (SSSR count). The average Bonchev–Trinajstić information content (AvgIpc) is 3.07. The first-order valence-electron chi connectivity index (χ1n) is 15.6. The number of sulfone groups is 1. The number of anilines is 3. The van der Waals surface area contributed by atoms with Crippen LogP contribution in [0.5, 0.6) is 5.75 Å². The van der Waals surface area contributed by atoms with Crippen molar-refractivity contribution in [1.29, 1.82) is 0 Å². The van der Waals surface area contributed by atoms with Crippen molar-refractivity contribution in [1.82, 2.24) is 15.2 Å². The predicted molar refractivity (Wildman–Crippen MR) is 190 cm³/mol. The molecule has 0 spiro atoms. The Kier molecular flexibility index (Phi) is 11.8. The number of hydrogen-bond acceptors (Lipinski definition) is 10. The van der Waals surface area contributed by atoms with Gasteiger partial charge in [-0.3, -0.25) is 4.79 Å². The van der Waals surface area contributed by atoms with Crippen molar-refractivity contribution in [2.75, 3.05) is 37.1 Å². The number of ether oxygens (including phenoxy) is 2. The number of rotatable bonds is 12. The molecule has 0 aliphatic carbocycles. The van der Waals surface area contributed by atoms with E-state index in [-0.39, 0.29) is 50.6 Å². The van der Waals surface area contributed by atoms with Crippen molar-refractivity contribution in [3.05, 3.63) is 83.0 Å². The summed E-state index contributed by atoms with van der Waals surface area (Å²) in [6.07, 6.45) is -4.17. The molecule has 0 fully saturated rings. The van der Waals surface area contributed by atoms with Gasteiger partial charge in [0, 0.05) is 49.2 Å². The number of nitrogens with two attached hydrogens (primary N) is 1. The SMILES string of the molecule is CCOc1cc(C(Nc2ccc3c(N)nccc3c2)(OC(=O)C(F)(F)F)C(=O)NCc2cc(NC(=O)N(C)C)ccc2S(=O)(=O)C(C)C)ccc1Cl. The topological polar surface area (TPSA) is 182 Å². The molecule has 1 aromatic heterocycles. The lowest BCUT2D eigenvalue weighted by Gasteiger charge is -2.34. The second kappa shape index (κ2) is 15.5. The Morgan fingerprint density at radius 1 is 1.00 bits per heavy atom. The maximum Gasteiger partial charge on any atom is 0.491 e. The molecule has 1 heterocycles. The van der Waals surface area contributed by atoms with E-state index in [9.17, 15) is 36.0 Å². The molecule has 0 saturated carbocycles. The number of carbonyl (C=O) groups excluding carboxylic acids is 3. The molecule has 0 aliphatic rings. The van der Waals surface area contributed by atoms with E-state index in [2.05, 4.69) is 20.9 Å². The van der Waals surface area contributed by atoms with E-state index >= 15 is 0 Å². The first-order chi connectivity index (χ1) is 24.3. The maximum absolute atomic E-state index is 14.5. The van der Waals surface area contributed by atoms with Gasteiger partial charge in [-0.25, -0.2) is 23.0 Å². The molecule has 13 nitrogen and oxygen atoms in total. The molecule has 18 heteroatoms. The van der Waals surface area contributed by atoms with Gasteiger partial charge in [0.2, 0.25) is 0 Å². The van der Waals surface area contributed by atoms with Crippen LogP contribution in [0.3, 0.4) is 0 Å². The lowest BCUT2D eigenvalue weighted by atomic mass is 9.99. The summed E-state index contributed by atoms with van der Waals surface area (Å²) in [5.41, 5.74) is 2.77. The van der Waals surface area contributed by atoms with Crippen molar-refractivity contribution < 1.29 is 45.4 Å². The van der Waals surface area contributed by atoms with Crippen molar-refractivity contribution in [3.63, 3.8) is 0 Å². The van der Waals surface area contributed by atoms with E-state index in [0.717, 1.165) is 12.1 Å². The molecule has 0 aliphatic heterocycles. The first kappa shape index (κ1) is 39.5. The normalized spacial score (nSPS) is 12.9. The van der Waals surface area contributed by atoms with Crippen LogP contribution >= 0.6 is 11.6 Å². The molecule has 4 aromatic rings. The van der Waals surface area contributed by atoms with Crippen molar-refractivity contribution in [2.45, 2.75) is 49.4 Å². The van der Waals surface area contributed by atoms with Crippen molar-refractivity contribution in [3.8, 4) is 5.75 Å². The minimum atomic E-state index is -5.57. The van der Waals surface area contributed by atoms with E-state index in [1.165, 1.54) is 81.5 Å². The molecule has 278 valence electrons. The summed E-state index contributed by atoms with van der Waals surface area (Å²) < 4.78 is 79.1. The number of hydrogen-bond donors (Lipinski definition) is 4. The Hall–Kier alpha value is -5.29. The second-order valence-electron chi connectivity index (χ2n) is 11.8. The minimum absolute atomic E-state index is 0.00704. The lowest BCUT2D eigenvalue weighted by molar-refractivity contribution is -0.213. The standard InChI is InChI=1S/C34H36ClF3N6O7S/c1-6-50-27-17-22(7-11-26(27)35)33(51-31(46)34(36,37)38,43-24-8-10-25-20(15-24)13-14-40-29(25)39)30(45)41-18-21-16-23(42-32(47)44(4)5)9-12-28(21)52(48,49)19(2)3/h7-17,19,43H,6,18H2,1-5H3,(H2,39,40)(H,41,45)(H,42,47). The summed E-state index contributed by atoms with van der Waals surface area (Å²) in [5.74, 6) is -3.96. The molecule has 1 unspecified atom stereocenters. The fourth-order valence-electron chi connectivity index (χ4n) is 4.92. The Morgan fingerprint density at radius 3 is 2.33 bits per heavy atom. The number of carbonyl (C=O) groups is 3. The molecule has 1 atom stereocenters. The lowest BCUT2D eigenvalue weighted by Crippen LogP contribution is -2.54. The van der Waals surface area contributed by atoms with Crippen LogP contribution in [0.25, 0.3) is 10.8 Å². The quantitative estimate of drug-likeness (QED) is 0.101. The van der Waals surface area contributed by atoms with E-state index in [0.29, 0.717) is 10.8 Å². The monoisotopic (exact) mass is 764 g/mol. The highest BCUT2D eigenvalue weighted by Crippen LogP contribution is 2.37. The fraction of sp³-hybridized carbons (Fsp3) is 0.294. The van der Waals surface area contributed by atoms with Crippen LogP contribution in [0, 0.1) is 0 Å². The number of fused-ring (bicyclic) bond motifs is 1. The highest BCUT2D eigenvalue weighted by molar-refractivity contribution is 7.92. The highest BCUT2D eigenvalue weighted by atomic mass is 35.5. The first-order valence-corrected chi connectivity index (χ1v) is 17.5. The molecule has 52 heavy (non-hydrogen) atoms. The van der Waals surface area contributed by atoms with Crippen LogP contribution in [0.4, 0.5) is 35.2 Å².